The second-order valence-electron chi connectivity index (χ2n) is 3.55. The molecule has 0 aliphatic rings. The number of hydrogen-bond donors (Lipinski definition) is 1. The van der Waals surface area contributed by atoms with E-state index in [1.54, 1.807) is 6.92 Å². The molecule has 0 aliphatic carbocycles. The lowest BCUT2D eigenvalue weighted by Crippen LogP contribution is -1.93. The third kappa shape index (κ3) is 2.01. The Morgan fingerprint density at radius 3 is 2.81 bits per heavy atom. The monoisotopic (exact) mass is 282 g/mol. The molecule has 84 valence electrons. The highest BCUT2D eigenvalue weighted by atomic mass is 79.9. The molecule has 1 aromatic carbocycles. The zero-order chi connectivity index (χ0) is 11.7. The summed E-state index contributed by atoms with van der Waals surface area (Å²) in [6, 6.07) is 5.75. The van der Waals surface area contributed by atoms with Crippen molar-refractivity contribution in [2.24, 2.45) is 0 Å². The molecule has 1 N–H and O–H groups in total. The highest BCUT2D eigenvalue weighted by Crippen LogP contribution is 2.27. The summed E-state index contributed by atoms with van der Waals surface area (Å²) >= 11 is 3.44. The zero-order valence-corrected chi connectivity index (χ0v) is 10.5. The van der Waals surface area contributed by atoms with E-state index in [9.17, 15) is 5.11 Å². The molecule has 0 amide bonds. The fraction of sp³-hybridized carbons (Fsp3) is 0.273. The van der Waals surface area contributed by atoms with Crippen molar-refractivity contribution >= 4 is 15.9 Å². The molecule has 0 fully saturated rings. The first kappa shape index (κ1) is 11.3. The summed E-state index contributed by atoms with van der Waals surface area (Å²) in [6.07, 6.45) is -0.718. The van der Waals surface area contributed by atoms with Crippen LogP contribution < -0.4 is 0 Å². The normalized spacial score (nSPS) is 12.8. The van der Waals surface area contributed by atoms with Gasteiger partial charge in [0, 0.05) is 10.0 Å². The lowest BCUT2D eigenvalue weighted by molar-refractivity contribution is 0.184. The molecular weight excluding hydrogens is 272 g/mol. The first-order valence-electron chi connectivity index (χ1n) is 4.86. The van der Waals surface area contributed by atoms with Gasteiger partial charge in [0.15, 0.2) is 5.82 Å². The predicted octanol–water partition coefficient (Wildman–Crippen LogP) is 2.86. The molecular formula is C11H11BrN2O2. The van der Waals surface area contributed by atoms with Gasteiger partial charge in [0.1, 0.15) is 6.10 Å². The molecule has 2 aromatic rings. The summed E-state index contributed by atoms with van der Waals surface area (Å²) in [7, 11) is 0. The number of hydrogen-bond acceptors (Lipinski definition) is 4. The summed E-state index contributed by atoms with van der Waals surface area (Å²) in [4.78, 5) is 4.13. The van der Waals surface area contributed by atoms with Crippen LogP contribution in [0.3, 0.4) is 0 Å². The Kier molecular flexibility index (Phi) is 3.07. The van der Waals surface area contributed by atoms with Crippen LogP contribution in [0.1, 0.15) is 24.4 Å². The summed E-state index contributed by atoms with van der Waals surface area (Å²) < 4.78 is 6.09. The van der Waals surface area contributed by atoms with Crippen molar-refractivity contribution in [2.45, 2.75) is 20.0 Å². The molecule has 4 nitrogen and oxygen atoms in total. The van der Waals surface area contributed by atoms with Gasteiger partial charge in [0.2, 0.25) is 0 Å². The number of benzene rings is 1. The van der Waals surface area contributed by atoms with Gasteiger partial charge < -0.3 is 9.63 Å². The highest BCUT2D eigenvalue weighted by molar-refractivity contribution is 9.10. The molecule has 1 unspecified atom stereocenters. The molecule has 2 rings (SSSR count). The van der Waals surface area contributed by atoms with E-state index >= 15 is 0 Å². The van der Waals surface area contributed by atoms with Gasteiger partial charge in [-0.15, -0.1) is 0 Å². The van der Waals surface area contributed by atoms with Crippen LogP contribution in [0, 0.1) is 6.92 Å². The Morgan fingerprint density at radius 1 is 1.44 bits per heavy atom. The maximum absolute atomic E-state index is 9.31. The number of nitrogens with zero attached hydrogens (tertiary/aromatic N) is 2. The van der Waals surface area contributed by atoms with Gasteiger partial charge >= 0.3 is 0 Å². The van der Waals surface area contributed by atoms with E-state index in [4.69, 9.17) is 4.52 Å². The minimum absolute atomic E-state index is 0.300. The first-order chi connectivity index (χ1) is 7.59. The summed E-state index contributed by atoms with van der Waals surface area (Å²) in [5.74, 6) is 0.726. The number of rotatable bonds is 2. The molecule has 1 atom stereocenters. The second kappa shape index (κ2) is 4.35. The van der Waals surface area contributed by atoms with Crippen LogP contribution in [0.4, 0.5) is 0 Å². The number of aromatic nitrogens is 2. The SMILES string of the molecule is Cc1c(Br)cccc1-c1nc(C(C)O)no1. The molecule has 0 saturated heterocycles. The molecule has 1 heterocycles. The Morgan fingerprint density at radius 2 is 2.19 bits per heavy atom. The summed E-state index contributed by atoms with van der Waals surface area (Å²) in [6.45, 7) is 3.56. The lowest BCUT2D eigenvalue weighted by atomic mass is 10.1. The van der Waals surface area contributed by atoms with Crippen LogP contribution in [0.5, 0.6) is 0 Å². The molecule has 5 heteroatoms. The van der Waals surface area contributed by atoms with Crippen LogP contribution in [-0.4, -0.2) is 15.2 Å². The number of aliphatic hydroxyl groups excluding tert-OH is 1. The van der Waals surface area contributed by atoms with Gasteiger partial charge in [0.25, 0.3) is 5.89 Å². The average Bonchev–Trinajstić information content (AvgIpc) is 2.71. The maximum atomic E-state index is 9.31. The smallest absolute Gasteiger partial charge is 0.258 e. The van der Waals surface area contributed by atoms with Crippen molar-refractivity contribution in [1.29, 1.82) is 0 Å². The van der Waals surface area contributed by atoms with Crippen molar-refractivity contribution in [2.75, 3.05) is 0 Å². The fourth-order valence-electron chi connectivity index (χ4n) is 1.35. The van der Waals surface area contributed by atoms with Crippen molar-refractivity contribution in [3.63, 3.8) is 0 Å². The standard InChI is InChI=1S/C11H11BrN2O2/c1-6-8(4-3-5-9(6)12)11-13-10(7(2)15)14-16-11/h3-5,7,15H,1-2H3. The third-order valence-electron chi connectivity index (χ3n) is 2.31. The third-order valence-corrected chi connectivity index (χ3v) is 3.17. The first-order valence-corrected chi connectivity index (χ1v) is 5.66. The number of aliphatic hydroxyl groups is 1. The largest absolute Gasteiger partial charge is 0.385 e. The fourth-order valence-corrected chi connectivity index (χ4v) is 1.72. The molecule has 16 heavy (non-hydrogen) atoms. The zero-order valence-electron chi connectivity index (χ0n) is 8.94. The average molecular weight is 283 g/mol. The number of halogens is 1. The minimum atomic E-state index is -0.718. The second-order valence-corrected chi connectivity index (χ2v) is 4.40. The van der Waals surface area contributed by atoms with E-state index in [-0.39, 0.29) is 0 Å². The van der Waals surface area contributed by atoms with E-state index < -0.39 is 6.10 Å². The van der Waals surface area contributed by atoms with Crippen LogP contribution in [0.15, 0.2) is 27.2 Å². The topological polar surface area (TPSA) is 59.2 Å². The Labute approximate surface area is 101 Å². The van der Waals surface area contributed by atoms with Crippen molar-refractivity contribution < 1.29 is 9.63 Å². The van der Waals surface area contributed by atoms with Gasteiger partial charge in [-0.05, 0) is 31.5 Å². The van der Waals surface area contributed by atoms with Gasteiger partial charge in [-0.2, -0.15) is 4.98 Å². The lowest BCUT2D eigenvalue weighted by Gasteiger charge is -2.01. The molecule has 0 bridgehead atoms. The van der Waals surface area contributed by atoms with Gasteiger partial charge in [-0.1, -0.05) is 27.2 Å². The van der Waals surface area contributed by atoms with Gasteiger partial charge in [-0.3, -0.25) is 0 Å². The van der Waals surface area contributed by atoms with E-state index in [1.165, 1.54) is 0 Å². The quantitative estimate of drug-likeness (QED) is 0.920. The highest BCUT2D eigenvalue weighted by Gasteiger charge is 2.14. The van der Waals surface area contributed by atoms with Gasteiger partial charge in [-0.25, -0.2) is 0 Å². The molecule has 1 aromatic heterocycles. The van der Waals surface area contributed by atoms with E-state index in [1.807, 2.05) is 25.1 Å². The maximum Gasteiger partial charge on any atom is 0.258 e. The summed E-state index contributed by atoms with van der Waals surface area (Å²) in [5.41, 5.74) is 1.90. The molecule has 0 radical (unpaired) electrons. The van der Waals surface area contributed by atoms with E-state index in [0.717, 1.165) is 15.6 Å². The Bertz CT molecular complexity index is 508. The van der Waals surface area contributed by atoms with E-state index in [2.05, 4.69) is 26.1 Å². The van der Waals surface area contributed by atoms with Crippen LogP contribution in [0.2, 0.25) is 0 Å². The van der Waals surface area contributed by atoms with Crippen molar-refractivity contribution in [3.05, 3.63) is 34.1 Å². The van der Waals surface area contributed by atoms with Crippen LogP contribution in [-0.2, 0) is 0 Å². The molecule has 0 spiro atoms. The predicted molar refractivity (Wildman–Crippen MR) is 62.8 cm³/mol. The minimum Gasteiger partial charge on any atom is -0.385 e. The Balaban J connectivity index is 2.47. The summed E-state index contributed by atoms with van der Waals surface area (Å²) in [5, 5.41) is 13.0. The Hall–Kier alpha value is -1.20. The van der Waals surface area contributed by atoms with Crippen LogP contribution >= 0.6 is 15.9 Å². The molecule has 0 aliphatic heterocycles. The van der Waals surface area contributed by atoms with Gasteiger partial charge in [0.05, 0.1) is 0 Å². The van der Waals surface area contributed by atoms with Crippen molar-refractivity contribution in [3.8, 4) is 11.5 Å². The van der Waals surface area contributed by atoms with E-state index in [0.29, 0.717) is 11.7 Å². The molecule has 0 saturated carbocycles. The van der Waals surface area contributed by atoms with Crippen LogP contribution in [0.25, 0.3) is 11.5 Å². The van der Waals surface area contributed by atoms with Crippen molar-refractivity contribution in [1.82, 2.24) is 10.1 Å².